The van der Waals surface area contributed by atoms with E-state index in [0.29, 0.717) is 6.42 Å². The summed E-state index contributed by atoms with van der Waals surface area (Å²) in [5.74, 6) is 0.0653. The van der Waals surface area contributed by atoms with Crippen LogP contribution in [-0.4, -0.2) is 12.1 Å². The molecule has 2 heteroatoms. The minimum Gasteiger partial charge on any atom is -0.462 e. The van der Waals surface area contributed by atoms with Gasteiger partial charge in [-0.3, -0.25) is 4.79 Å². The van der Waals surface area contributed by atoms with Gasteiger partial charge >= 0.3 is 5.97 Å². The van der Waals surface area contributed by atoms with Crippen molar-refractivity contribution in [1.29, 1.82) is 0 Å². The second-order valence-electron chi connectivity index (χ2n) is 31.5. The number of unbranched alkanes of at least 4 members (excludes halogenated alkanes) is 15. The van der Waals surface area contributed by atoms with E-state index in [1.54, 1.807) is 313 Å². The van der Waals surface area contributed by atoms with Gasteiger partial charge in [0.1, 0.15) is 6.10 Å². The van der Waals surface area contributed by atoms with Crippen LogP contribution in [0.15, 0.2) is 0 Å². The van der Waals surface area contributed by atoms with Crippen molar-refractivity contribution >= 4 is 297 Å². The van der Waals surface area contributed by atoms with E-state index in [0.717, 1.165) is 32.1 Å². The van der Waals surface area contributed by atoms with Crippen molar-refractivity contribution in [2.75, 3.05) is 0 Å². The highest BCUT2D eigenvalue weighted by Crippen LogP contribution is 2.86. The normalized spacial score (nSPS) is 21.7. The third-order valence-electron chi connectivity index (χ3n) is 29.6. The fourth-order valence-electron chi connectivity index (χ4n) is 28.4. The minimum absolute atomic E-state index is 0.0653. The van der Waals surface area contributed by atoms with E-state index in [1.807, 2.05) is 0 Å². The van der Waals surface area contributed by atoms with Gasteiger partial charge in [-0.15, -0.1) is 0 Å². The molecule has 5 aliphatic rings. The van der Waals surface area contributed by atoms with Gasteiger partial charge in [0, 0.05) is 17.3 Å². The van der Waals surface area contributed by atoms with E-state index in [4.69, 9.17) is 4.74 Å². The number of esters is 1. The Labute approximate surface area is 478 Å². The predicted octanol–water partition coefficient (Wildman–Crippen LogP) is 24.0. The molecule has 28 aromatic rings. The lowest BCUT2D eigenvalue weighted by Crippen LogP contribution is -2.57. The van der Waals surface area contributed by atoms with E-state index >= 15 is 0 Å². The second kappa shape index (κ2) is 10.2. The van der Waals surface area contributed by atoms with Crippen LogP contribution in [0.3, 0.4) is 0 Å². The molecular weight excluding hydrogens is 1030 g/mol. The fourth-order valence-corrected chi connectivity index (χ4v) is 28.4. The summed E-state index contributed by atoms with van der Waals surface area (Å²) in [4.78, 5) is 14.8. The van der Waals surface area contributed by atoms with Crippen LogP contribution in [0.4, 0.5) is 0 Å². The van der Waals surface area contributed by atoms with Gasteiger partial charge in [0.2, 0.25) is 0 Å². The quantitative estimate of drug-likeness (QED) is 0.0486. The van der Waals surface area contributed by atoms with E-state index in [9.17, 15) is 4.79 Å². The number of carbonyl (C=O) groups excluding carboxylic acids is 1. The average molecular weight is 1070 g/mol. The Balaban J connectivity index is 0.701. The van der Waals surface area contributed by atoms with Crippen LogP contribution in [0.25, 0.3) is 291 Å². The van der Waals surface area contributed by atoms with Gasteiger partial charge in [-0.2, -0.15) is 0 Å². The number of hydrogen-bond donors (Lipinski definition) is 0. The van der Waals surface area contributed by atoms with Crippen LogP contribution in [0.5, 0.6) is 0 Å². The number of hydrogen-bond acceptors (Lipinski definition) is 2. The van der Waals surface area contributed by atoms with Crippen molar-refractivity contribution < 1.29 is 9.53 Å². The largest absolute Gasteiger partial charge is 0.462 e. The maximum Gasteiger partial charge on any atom is 0.306 e. The fraction of sp³-hybridized carbons (Fsp3) is 0.289. The zero-order valence-corrected chi connectivity index (χ0v) is 47.0. The predicted molar refractivity (Wildman–Crippen MR) is 362 cm³/mol. The lowest BCUT2D eigenvalue weighted by Gasteiger charge is -2.58. The first-order chi connectivity index (χ1) is 42.3. The Morgan fingerprint density at radius 2 is 0.459 bits per heavy atom. The van der Waals surface area contributed by atoms with E-state index in [2.05, 4.69) is 6.92 Å². The van der Waals surface area contributed by atoms with Gasteiger partial charge < -0.3 is 4.74 Å². The SMILES string of the molecule is CCCCCCCCCCCCCCCCCCC(=O)OC1CCC23c4c5c6c7c8c9c(c%10c%11c2c2c4c4c%12c5c5c6c6c8c8c%13c9c9c%10c%10c%11c%11c2c2c4c4c%12c%12c5c5c6c8c6c8c%13c9c9c%10c%10c%11c2c2c4c4c%12c5c6c5c8c9c%10c2c45)C73C1. The van der Waals surface area contributed by atoms with Gasteiger partial charge in [0.05, 0.1) is 0 Å². The molecular formula is C83H44O2. The molecule has 2 spiro atoms. The molecule has 0 radical (unpaired) electrons. The highest BCUT2D eigenvalue weighted by molar-refractivity contribution is 6.82. The summed E-state index contributed by atoms with van der Waals surface area (Å²) in [7, 11) is 0. The molecule has 85 heavy (non-hydrogen) atoms. The molecule has 0 N–H and O–H groups in total. The molecule has 1 saturated carbocycles. The van der Waals surface area contributed by atoms with Crippen LogP contribution >= 0.6 is 0 Å². The highest BCUT2D eigenvalue weighted by atomic mass is 16.5. The van der Waals surface area contributed by atoms with Crippen molar-refractivity contribution in [2.45, 2.75) is 152 Å². The molecule has 33 rings (SSSR count). The van der Waals surface area contributed by atoms with Gasteiger partial charge in [-0.25, -0.2) is 0 Å². The first kappa shape index (κ1) is 38.1. The first-order valence-corrected chi connectivity index (χ1v) is 34.2. The molecule has 1 unspecified atom stereocenters. The van der Waals surface area contributed by atoms with Crippen molar-refractivity contribution in [3.8, 4) is 0 Å². The van der Waals surface area contributed by atoms with Crippen LogP contribution in [0.1, 0.15) is 158 Å². The lowest BCUT2D eigenvalue weighted by atomic mass is 9.43. The summed E-state index contributed by atoms with van der Waals surface area (Å²) in [5.41, 5.74) is 6.31. The smallest absolute Gasteiger partial charge is 0.306 e. The topological polar surface area (TPSA) is 26.3 Å². The third-order valence-corrected chi connectivity index (χ3v) is 29.6. The summed E-state index contributed by atoms with van der Waals surface area (Å²) in [6.45, 7) is 2.31. The maximum absolute atomic E-state index is 14.8. The standard InChI is InChI=1S/C83H44O2/c1-2-3-4-5-6-7-8-9-10-11-12-13-14-15-16-17-18-23(84)85-22-19-20-82-78-70-62-52-42-34-26-24-25-28-32-30(26)38-46-40(32)50-44-36(28)37-29(25)33-31-27(24)35(34)43-49-39(31)47-41(33)51-45(37)55-54(44)64-58(50)68-60(46)66(56(62)48(38)42)72(78)74(68)80-76(64)77-65(55)59(51)69-61(47)67-57(49)63(53(43)52)71(70)79(82)73(67)75(69)81(77)83(80,82)21-22/h22H,2-21H2,1H3. The summed E-state index contributed by atoms with van der Waals surface area (Å²) in [6, 6.07) is 0. The molecule has 0 saturated heterocycles. The van der Waals surface area contributed by atoms with E-state index in [1.165, 1.54) is 89.9 Å². The average Bonchev–Trinajstić information content (AvgIpc) is 1.39. The molecule has 0 aromatic heterocycles. The van der Waals surface area contributed by atoms with E-state index in [-0.39, 0.29) is 22.9 Å². The Bertz CT molecular complexity index is 7290. The van der Waals surface area contributed by atoms with Crippen LogP contribution in [0.2, 0.25) is 0 Å². The summed E-state index contributed by atoms with van der Waals surface area (Å²) < 4.78 is 7.22. The lowest BCUT2D eigenvalue weighted by molar-refractivity contribution is -0.152. The summed E-state index contributed by atoms with van der Waals surface area (Å²) in [5, 5.41) is 89.2. The summed E-state index contributed by atoms with van der Waals surface area (Å²) in [6.07, 6.45) is 24.8. The molecule has 0 heterocycles. The van der Waals surface area contributed by atoms with Crippen LogP contribution < -0.4 is 0 Å². The van der Waals surface area contributed by atoms with Gasteiger partial charge in [-0.05, 0) is 339 Å². The molecule has 5 aliphatic carbocycles. The first-order valence-electron chi connectivity index (χ1n) is 34.2. The van der Waals surface area contributed by atoms with Gasteiger partial charge in [0.25, 0.3) is 0 Å². The molecule has 1 atom stereocenters. The van der Waals surface area contributed by atoms with Gasteiger partial charge in [-0.1, -0.05) is 103 Å². The number of rotatable bonds is 18. The third kappa shape index (κ3) is 2.62. The number of ether oxygens (including phenoxy) is 1. The molecule has 28 aromatic carbocycles. The Morgan fingerprint density at radius 3 is 0.682 bits per heavy atom. The van der Waals surface area contributed by atoms with Crippen molar-refractivity contribution in [3.05, 3.63) is 22.3 Å². The number of carbonyl (C=O) groups is 1. The molecule has 388 valence electrons. The van der Waals surface area contributed by atoms with Crippen molar-refractivity contribution in [3.63, 3.8) is 0 Å². The highest BCUT2D eigenvalue weighted by Gasteiger charge is 2.71. The zero-order valence-electron chi connectivity index (χ0n) is 47.0. The van der Waals surface area contributed by atoms with E-state index < -0.39 is 0 Å². The second-order valence-corrected chi connectivity index (χ2v) is 31.5. The zero-order chi connectivity index (χ0) is 52.5. The Kier molecular flexibility index (Phi) is 4.55. The van der Waals surface area contributed by atoms with Crippen molar-refractivity contribution in [2.24, 2.45) is 0 Å². The number of benzene rings is 18. The molecule has 0 bridgehead atoms. The minimum atomic E-state index is -0.351. The molecule has 0 amide bonds. The Morgan fingerprint density at radius 1 is 0.271 bits per heavy atom. The molecule has 0 aliphatic heterocycles. The molecule has 2 nitrogen and oxygen atoms in total. The van der Waals surface area contributed by atoms with Crippen molar-refractivity contribution in [1.82, 2.24) is 0 Å². The van der Waals surface area contributed by atoms with Crippen LogP contribution in [-0.2, 0) is 20.4 Å². The summed E-state index contributed by atoms with van der Waals surface area (Å²) >= 11 is 0. The van der Waals surface area contributed by atoms with Crippen LogP contribution in [0, 0.1) is 0 Å². The Hall–Kier alpha value is -8.07. The van der Waals surface area contributed by atoms with Gasteiger partial charge in [0.15, 0.2) is 0 Å². The molecule has 1 fully saturated rings. The monoisotopic (exact) mass is 1070 g/mol. The maximum atomic E-state index is 14.8.